The molecule has 1 amide bonds. The highest BCUT2D eigenvalue weighted by Gasteiger charge is 2.05. The molecule has 0 aliphatic heterocycles. The fraction of sp³-hybridized carbons (Fsp3) is 0.158. The van der Waals surface area contributed by atoms with Crippen molar-refractivity contribution in [2.45, 2.75) is 6.92 Å². The van der Waals surface area contributed by atoms with Crippen LogP contribution in [-0.2, 0) is 4.79 Å². The number of benzene rings is 2. The summed E-state index contributed by atoms with van der Waals surface area (Å²) < 4.78 is 10.8. The zero-order valence-electron chi connectivity index (χ0n) is 13.9. The number of anilines is 1. The van der Waals surface area contributed by atoms with Gasteiger partial charge in [-0.15, -0.1) is 0 Å². The molecule has 0 saturated carbocycles. The summed E-state index contributed by atoms with van der Waals surface area (Å²) in [5.74, 6) is 1.17. The minimum atomic E-state index is -0.219. The highest BCUT2D eigenvalue weighted by atomic mass is 16.5. The molecule has 0 unspecified atom stereocenters. The molecule has 1 heterocycles. The van der Waals surface area contributed by atoms with Gasteiger partial charge in [0.1, 0.15) is 11.5 Å². The molecule has 6 nitrogen and oxygen atoms in total. The molecule has 0 saturated heterocycles. The molecule has 0 radical (unpaired) electrons. The third-order valence-corrected chi connectivity index (χ3v) is 3.49. The molecule has 3 aromatic rings. The summed E-state index contributed by atoms with van der Waals surface area (Å²) in [5.41, 5.74) is 2.64. The van der Waals surface area contributed by atoms with Crippen LogP contribution in [0.3, 0.4) is 0 Å². The van der Waals surface area contributed by atoms with Crippen LogP contribution in [0, 0.1) is 0 Å². The molecule has 0 bridgehead atoms. The smallest absolute Gasteiger partial charge is 0.262 e. The molecular weight excluding hydrogens is 318 g/mol. The molecule has 1 aromatic heterocycles. The maximum absolute atomic E-state index is 12.0. The van der Waals surface area contributed by atoms with Crippen molar-refractivity contribution in [3.8, 4) is 22.8 Å². The summed E-state index contributed by atoms with van der Waals surface area (Å²) in [5, 5.41) is 9.62. The number of nitrogens with zero attached hydrogens (tertiary/aromatic N) is 1. The first-order valence-corrected chi connectivity index (χ1v) is 8.00. The van der Waals surface area contributed by atoms with Crippen LogP contribution >= 0.6 is 0 Å². The highest BCUT2D eigenvalue weighted by Crippen LogP contribution is 2.19. The van der Waals surface area contributed by atoms with Crippen molar-refractivity contribution in [2.24, 2.45) is 0 Å². The lowest BCUT2D eigenvalue weighted by molar-refractivity contribution is -0.118. The Hall–Kier alpha value is -3.28. The average molecular weight is 337 g/mol. The van der Waals surface area contributed by atoms with Crippen LogP contribution in [0.5, 0.6) is 11.5 Å². The molecule has 0 atom stereocenters. The molecule has 128 valence electrons. The quantitative estimate of drug-likeness (QED) is 0.692. The van der Waals surface area contributed by atoms with E-state index in [2.05, 4.69) is 15.5 Å². The van der Waals surface area contributed by atoms with Crippen LogP contribution in [0.2, 0.25) is 0 Å². The molecule has 3 rings (SSSR count). The first-order chi connectivity index (χ1) is 12.2. The molecule has 2 N–H and O–H groups in total. The van der Waals surface area contributed by atoms with Gasteiger partial charge >= 0.3 is 0 Å². The standard InChI is InChI=1S/C19H19N3O3/c1-2-24-16-7-9-17(10-8-16)25-13-19(23)21-15-5-3-14(4-6-15)18-11-12-20-22-18/h3-12H,2,13H2,1H3,(H,20,22)(H,21,23). The maximum atomic E-state index is 12.0. The van der Waals surface area contributed by atoms with E-state index in [9.17, 15) is 4.79 Å². The number of nitrogens with one attached hydrogen (secondary N) is 2. The Balaban J connectivity index is 1.50. The van der Waals surface area contributed by atoms with E-state index in [4.69, 9.17) is 9.47 Å². The van der Waals surface area contributed by atoms with Crippen molar-refractivity contribution in [1.29, 1.82) is 0 Å². The predicted octanol–water partition coefficient (Wildman–Crippen LogP) is 3.49. The Kier molecular flexibility index (Phi) is 5.31. The largest absolute Gasteiger partial charge is 0.494 e. The Bertz CT molecular complexity index is 797. The zero-order chi connectivity index (χ0) is 17.5. The van der Waals surface area contributed by atoms with Crippen LogP contribution < -0.4 is 14.8 Å². The summed E-state index contributed by atoms with van der Waals surface area (Å²) >= 11 is 0. The second-order valence-corrected chi connectivity index (χ2v) is 5.29. The molecule has 0 spiro atoms. The van der Waals surface area contributed by atoms with Crippen molar-refractivity contribution >= 4 is 11.6 Å². The van der Waals surface area contributed by atoms with E-state index in [1.165, 1.54) is 0 Å². The SMILES string of the molecule is CCOc1ccc(OCC(=O)Nc2ccc(-c3ccn[nH]3)cc2)cc1. The number of ether oxygens (including phenoxy) is 2. The monoisotopic (exact) mass is 337 g/mol. The Morgan fingerprint density at radius 3 is 2.28 bits per heavy atom. The van der Waals surface area contributed by atoms with Gasteiger partial charge in [0.15, 0.2) is 6.61 Å². The molecule has 2 aromatic carbocycles. The third-order valence-electron chi connectivity index (χ3n) is 3.49. The van der Waals surface area contributed by atoms with Crippen molar-refractivity contribution in [2.75, 3.05) is 18.5 Å². The van der Waals surface area contributed by atoms with E-state index < -0.39 is 0 Å². The number of amides is 1. The van der Waals surface area contributed by atoms with Crippen LogP contribution in [0.4, 0.5) is 5.69 Å². The fourth-order valence-corrected chi connectivity index (χ4v) is 2.29. The van der Waals surface area contributed by atoms with Crippen LogP contribution in [0.25, 0.3) is 11.3 Å². The topological polar surface area (TPSA) is 76.2 Å². The van der Waals surface area contributed by atoms with Gasteiger partial charge in [-0.25, -0.2) is 0 Å². The number of aromatic amines is 1. The first kappa shape index (κ1) is 16.6. The molecule has 0 fully saturated rings. The summed E-state index contributed by atoms with van der Waals surface area (Å²) in [6.07, 6.45) is 1.70. The minimum absolute atomic E-state index is 0.0592. The Morgan fingerprint density at radius 2 is 1.68 bits per heavy atom. The summed E-state index contributed by atoms with van der Waals surface area (Å²) in [7, 11) is 0. The van der Waals surface area contributed by atoms with E-state index >= 15 is 0 Å². The van der Waals surface area contributed by atoms with Gasteiger partial charge in [-0.1, -0.05) is 12.1 Å². The van der Waals surface area contributed by atoms with Crippen molar-refractivity contribution in [3.05, 3.63) is 60.8 Å². The van der Waals surface area contributed by atoms with E-state index in [1.54, 1.807) is 18.3 Å². The van der Waals surface area contributed by atoms with Gasteiger partial charge in [-0.2, -0.15) is 5.10 Å². The second kappa shape index (κ2) is 8.01. The second-order valence-electron chi connectivity index (χ2n) is 5.29. The van der Waals surface area contributed by atoms with Crippen LogP contribution in [0.15, 0.2) is 60.8 Å². The number of rotatable bonds is 7. The van der Waals surface area contributed by atoms with Crippen molar-refractivity contribution < 1.29 is 14.3 Å². The normalized spacial score (nSPS) is 10.3. The summed E-state index contributed by atoms with van der Waals surface area (Å²) in [4.78, 5) is 12.0. The molecule has 0 aliphatic carbocycles. The van der Waals surface area contributed by atoms with Gasteiger partial charge in [-0.05, 0) is 55.0 Å². The van der Waals surface area contributed by atoms with Gasteiger partial charge in [0.2, 0.25) is 0 Å². The summed E-state index contributed by atoms with van der Waals surface area (Å²) in [6.45, 7) is 2.48. The molecular formula is C19H19N3O3. The lowest BCUT2D eigenvalue weighted by Crippen LogP contribution is -2.20. The summed E-state index contributed by atoms with van der Waals surface area (Å²) in [6, 6.07) is 16.6. The van der Waals surface area contributed by atoms with E-state index in [-0.39, 0.29) is 12.5 Å². The van der Waals surface area contributed by atoms with Gasteiger partial charge in [0.25, 0.3) is 5.91 Å². The molecule has 25 heavy (non-hydrogen) atoms. The van der Waals surface area contributed by atoms with Crippen LogP contribution in [0.1, 0.15) is 6.92 Å². The van der Waals surface area contributed by atoms with E-state index in [1.807, 2.05) is 49.4 Å². The number of hydrogen-bond acceptors (Lipinski definition) is 4. The number of carbonyl (C=O) groups excluding carboxylic acids is 1. The number of H-pyrrole nitrogens is 1. The maximum Gasteiger partial charge on any atom is 0.262 e. The zero-order valence-corrected chi connectivity index (χ0v) is 13.9. The minimum Gasteiger partial charge on any atom is -0.494 e. The number of hydrogen-bond donors (Lipinski definition) is 2. The lowest BCUT2D eigenvalue weighted by Gasteiger charge is -2.09. The Morgan fingerprint density at radius 1 is 1.00 bits per heavy atom. The van der Waals surface area contributed by atoms with Gasteiger partial charge < -0.3 is 14.8 Å². The number of aromatic nitrogens is 2. The highest BCUT2D eigenvalue weighted by molar-refractivity contribution is 5.92. The molecule has 6 heteroatoms. The van der Waals surface area contributed by atoms with Gasteiger partial charge in [0, 0.05) is 11.9 Å². The van der Waals surface area contributed by atoms with Gasteiger partial charge in [-0.3, -0.25) is 9.89 Å². The Labute approximate surface area is 145 Å². The molecule has 0 aliphatic rings. The van der Waals surface area contributed by atoms with Crippen LogP contribution in [-0.4, -0.2) is 29.3 Å². The predicted molar refractivity (Wildman–Crippen MR) is 95.8 cm³/mol. The fourth-order valence-electron chi connectivity index (χ4n) is 2.29. The number of carbonyl (C=O) groups is 1. The average Bonchev–Trinajstić information content (AvgIpc) is 3.17. The van der Waals surface area contributed by atoms with Gasteiger partial charge in [0.05, 0.1) is 12.3 Å². The van der Waals surface area contributed by atoms with E-state index in [0.29, 0.717) is 18.0 Å². The van der Waals surface area contributed by atoms with E-state index in [0.717, 1.165) is 17.0 Å². The lowest BCUT2D eigenvalue weighted by atomic mass is 10.1. The van der Waals surface area contributed by atoms with Crippen molar-refractivity contribution in [1.82, 2.24) is 10.2 Å². The first-order valence-electron chi connectivity index (χ1n) is 8.00. The van der Waals surface area contributed by atoms with Crippen molar-refractivity contribution in [3.63, 3.8) is 0 Å². The third kappa shape index (κ3) is 4.60.